The van der Waals surface area contributed by atoms with Crippen molar-refractivity contribution in [2.24, 2.45) is 0 Å². The summed E-state index contributed by atoms with van der Waals surface area (Å²) < 4.78 is 34.2. The zero-order chi connectivity index (χ0) is 13.3. The lowest BCUT2D eigenvalue weighted by Crippen LogP contribution is -2.47. The summed E-state index contributed by atoms with van der Waals surface area (Å²) in [5.74, 6) is 0.384. The van der Waals surface area contributed by atoms with E-state index in [2.05, 4.69) is 5.32 Å². The highest BCUT2D eigenvalue weighted by Crippen LogP contribution is 2.36. The van der Waals surface area contributed by atoms with E-state index in [4.69, 9.17) is 9.47 Å². The van der Waals surface area contributed by atoms with Crippen molar-refractivity contribution in [3.05, 3.63) is 0 Å². The highest BCUT2D eigenvalue weighted by Gasteiger charge is 2.40. The van der Waals surface area contributed by atoms with Crippen molar-refractivity contribution >= 4 is 9.84 Å². The molecule has 1 aliphatic carbocycles. The number of sulfone groups is 1. The molecule has 0 atom stereocenters. The van der Waals surface area contributed by atoms with E-state index in [0.29, 0.717) is 23.6 Å². The van der Waals surface area contributed by atoms with E-state index in [1.165, 1.54) is 0 Å². The summed E-state index contributed by atoms with van der Waals surface area (Å²) in [6.45, 7) is 1.44. The number of nitrogens with one attached hydrogen (secondary N) is 1. The molecular formula is C13H23NO4S. The first-order valence-electron chi connectivity index (χ1n) is 7.31. The molecule has 0 aromatic rings. The zero-order valence-corrected chi connectivity index (χ0v) is 12.1. The van der Waals surface area contributed by atoms with Crippen molar-refractivity contribution < 1.29 is 17.9 Å². The second kappa shape index (κ2) is 5.31. The molecule has 2 heterocycles. The van der Waals surface area contributed by atoms with E-state index >= 15 is 0 Å². The average molecular weight is 289 g/mol. The molecule has 2 saturated heterocycles. The molecule has 110 valence electrons. The van der Waals surface area contributed by atoms with Crippen molar-refractivity contribution in [2.45, 2.75) is 56.4 Å². The number of ether oxygens (including phenoxy) is 2. The minimum Gasteiger partial charge on any atom is -0.348 e. The molecule has 0 radical (unpaired) electrons. The molecule has 0 aromatic carbocycles. The van der Waals surface area contributed by atoms with Gasteiger partial charge in [0.2, 0.25) is 0 Å². The summed E-state index contributed by atoms with van der Waals surface area (Å²) in [7, 11) is -2.75. The van der Waals surface area contributed by atoms with Crippen LogP contribution < -0.4 is 5.32 Å². The molecule has 2 aliphatic heterocycles. The summed E-state index contributed by atoms with van der Waals surface area (Å²) in [5.41, 5.74) is 0. The first-order valence-corrected chi connectivity index (χ1v) is 9.14. The Morgan fingerprint density at radius 1 is 0.895 bits per heavy atom. The Balaban J connectivity index is 1.45. The molecule has 19 heavy (non-hydrogen) atoms. The Morgan fingerprint density at radius 3 is 2.00 bits per heavy atom. The predicted molar refractivity (Wildman–Crippen MR) is 71.7 cm³/mol. The lowest BCUT2D eigenvalue weighted by molar-refractivity contribution is -0.179. The van der Waals surface area contributed by atoms with Gasteiger partial charge >= 0.3 is 0 Å². The van der Waals surface area contributed by atoms with Gasteiger partial charge in [0.15, 0.2) is 5.79 Å². The number of hydrogen-bond donors (Lipinski definition) is 1. The van der Waals surface area contributed by atoms with E-state index in [0.717, 1.165) is 51.7 Å². The predicted octanol–water partition coefficient (Wildman–Crippen LogP) is 0.839. The van der Waals surface area contributed by atoms with Crippen LogP contribution in [0, 0.1) is 0 Å². The molecule has 1 N–H and O–H groups in total. The van der Waals surface area contributed by atoms with E-state index < -0.39 is 9.84 Å². The Morgan fingerprint density at radius 2 is 1.42 bits per heavy atom. The first kappa shape index (κ1) is 13.8. The van der Waals surface area contributed by atoms with Gasteiger partial charge in [0.1, 0.15) is 9.84 Å². The third kappa shape index (κ3) is 3.29. The summed E-state index contributed by atoms with van der Waals surface area (Å²) in [6.07, 6.45) is 5.55. The SMILES string of the molecule is O=S1(=O)CCC(NC2CCC3(CC2)OCCO3)CC1. The molecule has 3 fully saturated rings. The fourth-order valence-electron chi connectivity index (χ4n) is 3.40. The van der Waals surface area contributed by atoms with E-state index in [1.54, 1.807) is 0 Å². The maximum atomic E-state index is 11.4. The third-order valence-corrected chi connectivity index (χ3v) is 6.30. The summed E-state index contributed by atoms with van der Waals surface area (Å²) in [5, 5.41) is 3.63. The van der Waals surface area contributed by atoms with Crippen LogP contribution in [0.2, 0.25) is 0 Å². The maximum Gasteiger partial charge on any atom is 0.168 e. The lowest BCUT2D eigenvalue weighted by atomic mass is 9.89. The zero-order valence-electron chi connectivity index (χ0n) is 11.3. The molecule has 3 rings (SSSR count). The number of hydrogen-bond acceptors (Lipinski definition) is 5. The van der Waals surface area contributed by atoms with E-state index in [1.807, 2.05) is 0 Å². The fourth-order valence-corrected chi connectivity index (χ4v) is 4.89. The van der Waals surface area contributed by atoms with E-state index in [9.17, 15) is 8.42 Å². The Bertz CT molecular complexity index is 392. The number of rotatable bonds is 2. The normalized spacial score (nSPS) is 34.6. The van der Waals surface area contributed by atoms with Gasteiger partial charge in [-0.15, -0.1) is 0 Å². The standard InChI is InChI=1S/C13H23NO4S/c15-19(16)9-3-12(4-10-19)14-11-1-5-13(6-2-11)17-7-8-18-13/h11-12,14H,1-10H2. The molecule has 5 nitrogen and oxygen atoms in total. The maximum absolute atomic E-state index is 11.4. The third-order valence-electron chi connectivity index (χ3n) is 4.59. The van der Waals surface area contributed by atoms with Crippen LogP contribution in [0.15, 0.2) is 0 Å². The molecular weight excluding hydrogens is 266 g/mol. The smallest absolute Gasteiger partial charge is 0.168 e. The van der Waals surface area contributed by atoms with Crippen LogP contribution in [0.3, 0.4) is 0 Å². The summed E-state index contributed by atoms with van der Waals surface area (Å²) >= 11 is 0. The summed E-state index contributed by atoms with van der Waals surface area (Å²) in [4.78, 5) is 0. The Kier molecular flexibility index (Phi) is 3.86. The van der Waals surface area contributed by atoms with Crippen LogP contribution in [-0.2, 0) is 19.3 Å². The van der Waals surface area contributed by atoms with Gasteiger partial charge < -0.3 is 14.8 Å². The molecule has 1 saturated carbocycles. The topological polar surface area (TPSA) is 64.6 Å². The van der Waals surface area contributed by atoms with Crippen LogP contribution in [0.25, 0.3) is 0 Å². The molecule has 3 aliphatic rings. The van der Waals surface area contributed by atoms with Gasteiger partial charge in [-0.05, 0) is 25.7 Å². The van der Waals surface area contributed by atoms with Gasteiger partial charge in [-0.25, -0.2) is 8.42 Å². The van der Waals surface area contributed by atoms with Crippen LogP contribution >= 0.6 is 0 Å². The fraction of sp³-hybridized carbons (Fsp3) is 1.00. The van der Waals surface area contributed by atoms with Crippen LogP contribution in [-0.4, -0.2) is 51.0 Å². The largest absolute Gasteiger partial charge is 0.348 e. The van der Waals surface area contributed by atoms with Crippen molar-refractivity contribution in [2.75, 3.05) is 24.7 Å². The van der Waals surface area contributed by atoms with Gasteiger partial charge in [-0.2, -0.15) is 0 Å². The van der Waals surface area contributed by atoms with Crippen LogP contribution in [0.1, 0.15) is 38.5 Å². The first-order chi connectivity index (χ1) is 9.07. The van der Waals surface area contributed by atoms with Crippen molar-refractivity contribution in [1.82, 2.24) is 5.32 Å². The molecule has 1 spiro atoms. The minimum atomic E-state index is -2.75. The van der Waals surface area contributed by atoms with E-state index in [-0.39, 0.29) is 5.79 Å². The quantitative estimate of drug-likeness (QED) is 0.816. The highest BCUT2D eigenvalue weighted by molar-refractivity contribution is 7.91. The Hall–Kier alpha value is -0.170. The highest BCUT2D eigenvalue weighted by atomic mass is 32.2. The monoisotopic (exact) mass is 289 g/mol. The molecule has 0 bridgehead atoms. The van der Waals surface area contributed by atoms with Crippen molar-refractivity contribution in [1.29, 1.82) is 0 Å². The van der Waals surface area contributed by atoms with Crippen molar-refractivity contribution in [3.8, 4) is 0 Å². The second-order valence-electron chi connectivity index (χ2n) is 5.97. The molecule has 0 aromatic heterocycles. The van der Waals surface area contributed by atoms with Crippen molar-refractivity contribution in [3.63, 3.8) is 0 Å². The van der Waals surface area contributed by atoms with Gasteiger partial charge in [-0.1, -0.05) is 0 Å². The second-order valence-corrected chi connectivity index (χ2v) is 8.28. The minimum absolute atomic E-state index is 0.298. The molecule has 0 amide bonds. The van der Waals surface area contributed by atoms with Gasteiger partial charge in [-0.3, -0.25) is 0 Å². The molecule has 0 unspecified atom stereocenters. The van der Waals surface area contributed by atoms with Crippen LogP contribution in [0.5, 0.6) is 0 Å². The van der Waals surface area contributed by atoms with Gasteiger partial charge in [0.05, 0.1) is 24.7 Å². The van der Waals surface area contributed by atoms with Crippen LogP contribution in [0.4, 0.5) is 0 Å². The van der Waals surface area contributed by atoms with Gasteiger partial charge in [0, 0.05) is 24.9 Å². The average Bonchev–Trinajstić information content (AvgIpc) is 2.84. The molecule has 6 heteroatoms. The Labute approximate surface area is 115 Å². The van der Waals surface area contributed by atoms with Gasteiger partial charge in [0.25, 0.3) is 0 Å². The lowest BCUT2D eigenvalue weighted by Gasteiger charge is -2.37. The summed E-state index contributed by atoms with van der Waals surface area (Å²) in [6, 6.07) is 0.859.